The zero-order chi connectivity index (χ0) is 14.2. The van der Waals surface area contributed by atoms with Crippen molar-refractivity contribution >= 4 is 17.3 Å². The fourth-order valence-electron chi connectivity index (χ4n) is 2.09. The minimum atomic E-state index is -0.127. The molecule has 1 saturated carbocycles. The Morgan fingerprint density at radius 3 is 2.60 bits per heavy atom. The van der Waals surface area contributed by atoms with Crippen LogP contribution >= 0.6 is 0 Å². The van der Waals surface area contributed by atoms with Crippen LogP contribution in [0.15, 0.2) is 29.4 Å². The molecule has 0 radical (unpaired) electrons. The molecular formula is C15H21N3O2. The van der Waals surface area contributed by atoms with Gasteiger partial charge in [0.15, 0.2) is 0 Å². The number of hydrogen-bond donors (Lipinski definition) is 2. The number of anilines is 1. The van der Waals surface area contributed by atoms with Crippen molar-refractivity contribution in [3.8, 4) is 5.75 Å². The van der Waals surface area contributed by atoms with E-state index in [0.717, 1.165) is 30.0 Å². The largest absolute Gasteiger partial charge is 0.494 e. The first-order valence-electron chi connectivity index (χ1n) is 7.09. The minimum absolute atomic E-state index is 0.127. The summed E-state index contributed by atoms with van der Waals surface area (Å²) in [5.41, 5.74) is 4.57. The second-order valence-electron chi connectivity index (χ2n) is 4.73. The lowest BCUT2D eigenvalue weighted by atomic mass is 10.3. The Bertz CT molecular complexity index is 461. The van der Waals surface area contributed by atoms with E-state index in [1.807, 2.05) is 31.2 Å². The highest BCUT2D eigenvalue weighted by molar-refractivity contribution is 5.88. The third-order valence-corrected chi connectivity index (χ3v) is 3.14. The van der Waals surface area contributed by atoms with Crippen molar-refractivity contribution in [2.45, 2.75) is 32.6 Å². The molecular weight excluding hydrogens is 254 g/mol. The van der Waals surface area contributed by atoms with Crippen LogP contribution in [0, 0.1) is 0 Å². The Labute approximate surface area is 119 Å². The maximum Gasteiger partial charge on any atom is 0.259 e. The van der Waals surface area contributed by atoms with Gasteiger partial charge in [0, 0.05) is 11.4 Å². The van der Waals surface area contributed by atoms with Crippen molar-refractivity contribution in [3.05, 3.63) is 24.3 Å². The maximum atomic E-state index is 11.6. The van der Waals surface area contributed by atoms with Gasteiger partial charge in [0.25, 0.3) is 5.91 Å². The average molecular weight is 275 g/mol. The maximum absolute atomic E-state index is 11.6. The van der Waals surface area contributed by atoms with Gasteiger partial charge in [0.2, 0.25) is 0 Å². The van der Waals surface area contributed by atoms with Crippen molar-refractivity contribution in [3.63, 3.8) is 0 Å². The van der Waals surface area contributed by atoms with Crippen molar-refractivity contribution in [2.75, 3.05) is 18.5 Å². The summed E-state index contributed by atoms with van der Waals surface area (Å²) in [6, 6.07) is 7.53. The number of carbonyl (C=O) groups is 1. The van der Waals surface area contributed by atoms with Crippen LogP contribution in [0.4, 0.5) is 5.69 Å². The molecule has 1 amide bonds. The Morgan fingerprint density at radius 2 is 1.95 bits per heavy atom. The van der Waals surface area contributed by atoms with E-state index in [1.165, 1.54) is 12.8 Å². The molecule has 0 aliphatic heterocycles. The number of carbonyl (C=O) groups excluding carboxylic acids is 1. The van der Waals surface area contributed by atoms with Crippen LogP contribution in [0.2, 0.25) is 0 Å². The number of hydrazone groups is 1. The Hall–Kier alpha value is -2.04. The lowest BCUT2D eigenvalue weighted by Crippen LogP contribution is -2.26. The van der Waals surface area contributed by atoms with E-state index >= 15 is 0 Å². The Balaban J connectivity index is 1.73. The van der Waals surface area contributed by atoms with Gasteiger partial charge in [-0.05, 0) is 56.9 Å². The first-order chi connectivity index (χ1) is 9.78. The molecule has 0 atom stereocenters. The van der Waals surface area contributed by atoms with E-state index in [2.05, 4.69) is 15.8 Å². The van der Waals surface area contributed by atoms with E-state index in [4.69, 9.17) is 4.74 Å². The molecule has 0 spiro atoms. The first-order valence-corrected chi connectivity index (χ1v) is 7.09. The van der Waals surface area contributed by atoms with Gasteiger partial charge in [-0.25, -0.2) is 5.43 Å². The molecule has 1 aliphatic carbocycles. The normalized spacial score (nSPS) is 13.9. The Morgan fingerprint density at radius 1 is 1.25 bits per heavy atom. The van der Waals surface area contributed by atoms with Gasteiger partial charge in [-0.2, -0.15) is 5.10 Å². The predicted molar refractivity (Wildman–Crippen MR) is 80.1 cm³/mol. The van der Waals surface area contributed by atoms with Gasteiger partial charge < -0.3 is 10.1 Å². The van der Waals surface area contributed by atoms with E-state index in [0.29, 0.717) is 6.61 Å². The highest BCUT2D eigenvalue weighted by atomic mass is 16.5. The van der Waals surface area contributed by atoms with E-state index < -0.39 is 0 Å². The summed E-state index contributed by atoms with van der Waals surface area (Å²) in [4.78, 5) is 11.6. The molecule has 0 aromatic heterocycles. The SMILES string of the molecule is CCOc1ccc(NCC(=O)NN=C2CCCC2)cc1. The molecule has 1 aromatic carbocycles. The molecule has 2 rings (SSSR count). The zero-order valence-electron chi connectivity index (χ0n) is 11.8. The van der Waals surface area contributed by atoms with E-state index in [-0.39, 0.29) is 12.5 Å². The third-order valence-electron chi connectivity index (χ3n) is 3.14. The van der Waals surface area contributed by atoms with Crippen molar-refractivity contribution in [1.82, 2.24) is 5.43 Å². The molecule has 1 fully saturated rings. The monoisotopic (exact) mass is 275 g/mol. The molecule has 0 bridgehead atoms. The van der Waals surface area contributed by atoms with Crippen molar-refractivity contribution < 1.29 is 9.53 Å². The topological polar surface area (TPSA) is 62.7 Å². The molecule has 2 N–H and O–H groups in total. The van der Waals surface area contributed by atoms with Crippen molar-refractivity contribution in [1.29, 1.82) is 0 Å². The second-order valence-corrected chi connectivity index (χ2v) is 4.73. The summed E-state index contributed by atoms with van der Waals surface area (Å²) < 4.78 is 5.36. The molecule has 5 nitrogen and oxygen atoms in total. The number of nitrogens with one attached hydrogen (secondary N) is 2. The van der Waals surface area contributed by atoms with Crippen LogP contribution in [0.25, 0.3) is 0 Å². The molecule has 1 aromatic rings. The van der Waals surface area contributed by atoms with Gasteiger partial charge >= 0.3 is 0 Å². The van der Waals surface area contributed by atoms with Gasteiger partial charge in [-0.1, -0.05) is 0 Å². The molecule has 0 unspecified atom stereocenters. The van der Waals surface area contributed by atoms with Gasteiger partial charge in [-0.3, -0.25) is 4.79 Å². The number of amides is 1. The average Bonchev–Trinajstić information content (AvgIpc) is 2.98. The quantitative estimate of drug-likeness (QED) is 0.784. The number of nitrogens with zero attached hydrogens (tertiary/aromatic N) is 1. The third kappa shape index (κ3) is 4.57. The van der Waals surface area contributed by atoms with Crippen LogP contribution in [-0.2, 0) is 4.79 Å². The van der Waals surface area contributed by atoms with Gasteiger partial charge in [0.05, 0.1) is 13.2 Å². The lowest BCUT2D eigenvalue weighted by molar-refractivity contribution is -0.119. The summed E-state index contributed by atoms with van der Waals surface area (Å²) in [5, 5.41) is 7.18. The molecule has 108 valence electrons. The summed E-state index contributed by atoms with van der Waals surface area (Å²) in [6.07, 6.45) is 4.37. The van der Waals surface area contributed by atoms with Crippen molar-refractivity contribution in [2.24, 2.45) is 5.10 Å². The first kappa shape index (κ1) is 14.4. The lowest BCUT2D eigenvalue weighted by Gasteiger charge is -2.07. The minimum Gasteiger partial charge on any atom is -0.494 e. The molecule has 20 heavy (non-hydrogen) atoms. The van der Waals surface area contributed by atoms with Crippen LogP contribution in [0.3, 0.4) is 0 Å². The van der Waals surface area contributed by atoms with Gasteiger partial charge in [0.1, 0.15) is 5.75 Å². The van der Waals surface area contributed by atoms with Crippen LogP contribution in [0.5, 0.6) is 5.75 Å². The molecule has 0 saturated heterocycles. The fraction of sp³-hybridized carbons (Fsp3) is 0.467. The molecule has 0 heterocycles. The summed E-state index contributed by atoms with van der Waals surface area (Å²) in [6.45, 7) is 2.81. The number of ether oxygens (including phenoxy) is 1. The molecule has 1 aliphatic rings. The van der Waals surface area contributed by atoms with Crippen LogP contribution < -0.4 is 15.5 Å². The van der Waals surface area contributed by atoms with Crippen LogP contribution in [-0.4, -0.2) is 24.8 Å². The highest BCUT2D eigenvalue weighted by Gasteiger charge is 2.08. The Kier molecular flexibility index (Phi) is 5.41. The number of benzene rings is 1. The summed E-state index contributed by atoms with van der Waals surface area (Å²) in [5.74, 6) is 0.702. The second kappa shape index (κ2) is 7.53. The number of hydrogen-bond acceptors (Lipinski definition) is 4. The smallest absolute Gasteiger partial charge is 0.259 e. The van der Waals surface area contributed by atoms with E-state index in [9.17, 15) is 4.79 Å². The zero-order valence-corrected chi connectivity index (χ0v) is 11.8. The standard InChI is InChI=1S/C15H21N3O2/c1-2-20-14-9-7-12(8-10-14)16-11-15(19)18-17-13-5-3-4-6-13/h7-10,16H,2-6,11H2,1H3,(H,18,19). The van der Waals surface area contributed by atoms with Gasteiger partial charge in [-0.15, -0.1) is 0 Å². The fourth-order valence-corrected chi connectivity index (χ4v) is 2.09. The van der Waals surface area contributed by atoms with Crippen LogP contribution in [0.1, 0.15) is 32.6 Å². The predicted octanol–water partition coefficient (Wildman–Crippen LogP) is 2.54. The molecule has 5 heteroatoms. The number of rotatable bonds is 6. The summed E-state index contributed by atoms with van der Waals surface area (Å²) in [7, 11) is 0. The summed E-state index contributed by atoms with van der Waals surface area (Å²) >= 11 is 0. The van der Waals surface area contributed by atoms with E-state index in [1.54, 1.807) is 0 Å². The highest BCUT2D eigenvalue weighted by Crippen LogP contribution is 2.15.